The van der Waals surface area contributed by atoms with Gasteiger partial charge >= 0.3 is 0 Å². The first kappa shape index (κ1) is 13.4. The highest BCUT2D eigenvalue weighted by atomic mass is 32.2. The highest BCUT2D eigenvalue weighted by Gasteiger charge is 2.42. The first-order chi connectivity index (χ1) is 9.12. The minimum Gasteiger partial charge on any atom is -0.363 e. The molecule has 0 saturated carbocycles. The maximum atomic E-state index is 12.4. The van der Waals surface area contributed by atoms with E-state index in [9.17, 15) is 8.42 Å². The Bertz CT molecular complexity index is 531. The summed E-state index contributed by atoms with van der Waals surface area (Å²) >= 11 is 1.82. The summed E-state index contributed by atoms with van der Waals surface area (Å²) in [6.07, 6.45) is 4.50. The minimum atomic E-state index is -3.40. The molecule has 5 nitrogen and oxygen atoms in total. The lowest BCUT2D eigenvalue weighted by molar-refractivity contribution is 0.0162. The SMILES string of the molecule is O=S(=O)(c1cccnc1)N1CCC2(CC1)OCCS2. The lowest BCUT2D eigenvalue weighted by Gasteiger charge is -2.37. The Labute approximate surface area is 117 Å². The number of hydrogen-bond acceptors (Lipinski definition) is 5. The molecule has 19 heavy (non-hydrogen) atoms. The summed E-state index contributed by atoms with van der Waals surface area (Å²) in [5.41, 5.74) is 0. The van der Waals surface area contributed by atoms with E-state index in [1.165, 1.54) is 10.5 Å². The summed E-state index contributed by atoms with van der Waals surface area (Å²) in [7, 11) is -3.40. The second-order valence-electron chi connectivity index (χ2n) is 4.70. The maximum Gasteiger partial charge on any atom is 0.244 e. The summed E-state index contributed by atoms with van der Waals surface area (Å²) in [6, 6.07) is 3.24. The van der Waals surface area contributed by atoms with Crippen LogP contribution < -0.4 is 0 Å². The van der Waals surface area contributed by atoms with Crippen molar-refractivity contribution in [1.29, 1.82) is 0 Å². The zero-order valence-corrected chi connectivity index (χ0v) is 12.1. The van der Waals surface area contributed by atoms with Crippen LogP contribution in [0.1, 0.15) is 12.8 Å². The Morgan fingerprint density at radius 3 is 2.74 bits per heavy atom. The van der Waals surface area contributed by atoms with Crippen molar-refractivity contribution in [2.45, 2.75) is 22.7 Å². The maximum absolute atomic E-state index is 12.4. The minimum absolute atomic E-state index is 0.138. The topological polar surface area (TPSA) is 59.5 Å². The van der Waals surface area contributed by atoms with Gasteiger partial charge in [-0.2, -0.15) is 4.31 Å². The van der Waals surface area contributed by atoms with Gasteiger partial charge in [0.2, 0.25) is 10.0 Å². The number of sulfonamides is 1. The molecule has 0 amide bonds. The Morgan fingerprint density at radius 1 is 1.37 bits per heavy atom. The van der Waals surface area contributed by atoms with E-state index in [1.807, 2.05) is 11.8 Å². The van der Waals surface area contributed by atoms with Crippen LogP contribution in [-0.4, -0.2) is 48.1 Å². The summed E-state index contributed by atoms with van der Waals surface area (Å²) in [5.74, 6) is 1.01. The standard InChI is InChI=1S/C12H16N2O3S2/c15-19(16,11-2-1-5-13-10-11)14-6-3-12(4-7-14)17-8-9-18-12/h1-2,5,10H,3-4,6-9H2. The first-order valence-electron chi connectivity index (χ1n) is 6.31. The van der Waals surface area contributed by atoms with Gasteiger partial charge in [-0.25, -0.2) is 8.42 Å². The van der Waals surface area contributed by atoms with E-state index in [0.29, 0.717) is 13.1 Å². The van der Waals surface area contributed by atoms with Crippen LogP contribution in [0, 0.1) is 0 Å². The van der Waals surface area contributed by atoms with E-state index in [4.69, 9.17) is 4.74 Å². The highest BCUT2D eigenvalue weighted by molar-refractivity contribution is 8.00. The molecule has 104 valence electrons. The van der Waals surface area contributed by atoms with E-state index in [2.05, 4.69) is 4.98 Å². The molecule has 2 fully saturated rings. The molecule has 2 aliphatic heterocycles. The van der Waals surface area contributed by atoms with Crippen molar-refractivity contribution in [1.82, 2.24) is 9.29 Å². The van der Waals surface area contributed by atoms with Crippen molar-refractivity contribution in [3.63, 3.8) is 0 Å². The molecule has 1 spiro atoms. The second kappa shape index (κ2) is 5.05. The van der Waals surface area contributed by atoms with Crippen LogP contribution in [0.4, 0.5) is 0 Å². The summed E-state index contributed by atoms with van der Waals surface area (Å²) in [5, 5.41) is 0. The van der Waals surface area contributed by atoms with Gasteiger partial charge in [-0.3, -0.25) is 4.98 Å². The Balaban J connectivity index is 1.74. The van der Waals surface area contributed by atoms with Crippen LogP contribution in [0.2, 0.25) is 0 Å². The third-order valence-electron chi connectivity index (χ3n) is 3.57. The van der Waals surface area contributed by atoms with Gasteiger partial charge in [0.25, 0.3) is 0 Å². The largest absolute Gasteiger partial charge is 0.363 e. The van der Waals surface area contributed by atoms with Crippen LogP contribution in [0.5, 0.6) is 0 Å². The molecule has 0 aliphatic carbocycles. The molecule has 0 aromatic carbocycles. The normalized spacial score (nSPS) is 23.8. The zero-order chi connectivity index (χ0) is 13.3. The smallest absolute Gasteiger partial charge is 0.244 e. The van der Waals surface area contributed by atoms with Gasteiger partial charge in [-0.05, 0) is 25.0 Å². The predicted octanol–water partition coefficient (Wildman–Crippen LogP) is 1.33. The average Bonchev–Trinajstić information content (AvgIpc) is 2.89. The number of rotatable bonds is 2. The molecule has 0 bridgehead atoms. The third-order valence-corrected chi connectivity index (χ3v) is 6.88. The van der Waals surface area contributed by atoms with Gasteiger partial charge in [-0.15, -0.1) is 11.8 Å². The molecule has 0 radical (unpaired) electrons. The van der Waals surface area contributed by atoms with E-state index >= 15 is 0 Å². The fourth-order valence-corrected chi connectivity index (χ4v) is 5.08. The molecule has 0 atom stereocenters. The molecule has 1 aromatic rings. The van der Waals surface area contributed by atoms with E-state index in [1.54, 1.807) is 18.3 Å². The molecule has 7 heteroatoms. The average molecular weight is 300 g/mol. The molecule has 3 rings (SSSR count). The van der Waals surface area contributed by atoms with Gasteiger partial charge in [0.15, 0.2) is 0 Å². The van der Waals surface area contributed by atoms with Crippen LogP contribution in [-0.2, 0) is 14.8 Å². The predicted molar refractivity (Wildman–Crippen MR) is 73.4 cm³/mol. The fourth-order valence-electron chi connectivity index (χ4n) is 2.50. The number of aromatic nitrogens is 1. The second-order valence-corrected chi connectivity index (χ2v) is 8.08. The number of pyridine rings is 1. The number of ether oxygens (including phenoxy) is 1. The number of nitrogens with zero attached hydrogens (tertiary/aromatic N) is 2. The summed E-state index contributed by atoms with van der Waals surface area (Å²) < 4.78 is 32.2. The van der Waals surface area contributed by atoms with Crippen molar-refractivity contribution >= 4 is 21.8 Å². The molecule has 3 heterocycles. The van der Waals surface area contributed by atoms with Gasteiger partial charge < -0.3 is 4.74 Å². The summed E-state index contributed by atoms with van der Waals surface area (Å²) in [6.45, 7) is 1.81. The molecule has 2 saturated heterocycles. The molecule has 0 N–H and O–H groups in total. The van der Waals surface area contributed by atoms with Crippen molar-refractivity contribution in [3.8, 4) is 0 Å². The lowest BCUT2D eigenvalue weighted by atomic mass is 10.1. The van der Waals surface area contributed by atoms with Crippen molar-refractivity contribution in [2.24, 2.45) is 0 Å². The van der Waals surface area contributed by atoms with Crippen LogP contribution in [0.25, 0.3) is 0 Å². The zero-order valence-electron chi connectivity index (χ0n) is 10.5. The van der Waals surface area contributed by atoms with Crippen molar-refractivity contribution in [3.05, 3.63) is 24.5 Å². The van der Waals surface area contributed by atoms with Crippen LogP contribution in [0.15, 0.2) is 29.4 Å². The molecular weight excluding hydrogens is 284 g/mol. The fraction of sp³-hybridized carbons (Fsp3) is 0.583. The van der Waals surface area contributed by atoms with Gasteiger partial charge in [-0.1, -0.05) is 0 Å². The monoisotopic (exact) mass is 300 g/mol. The van der Waals surface area contributed by atoms with Crippen LogP contribution in [0.3, 0.4) is 0 Å². The summed E-state index contributed by atoms with van der Waals surface area (Å²) in [4.78, 5) is 4.01. The third kappa shape index (κ3) is 2.52. The molecular formula is C12H16N2O3S2. The first-order valence-corrected chi connectivity index (χ1v) is 8.73. The molecule has 1 aromatic heterocycles. The highest BCUT2D eigenvalue weighted by Crippen LogP contribution is 2.42. The van der Waals surface area contributed by atoms with Crippen molar-refractivity contribution < 1.29 is 13.2 Å². The lowest BCUT2D eigenvalue weighted by Crippen LogP contribution is -2.44. The number of piperidine rings is 1. The number of thioether (sulfide) groups is 1. The van der Waals surface area contributed by atoms with E-state index < -0.39 is 10.0 Å². The molecule has 2 aliphatic rings. The van der Waals surface area contributed by atoms with E-state index in [-0.39, 0.29) is 9.83 Å². The van der Waals surface area contributed by atoms with Crippen LogP contribution >= 0.6 is 11.8 Å². The Kier molecular flexibility index (Phi) is 3.55. The van der Waals surface area contributed by atoms with Crippen molar-refractivity contribution in [2.75, 3.05) is 25.4 Å². The van der Waals surface area contributed by atoms with Gasteiger partial charge in [0, 0.05) is 31.2 Å². The quantitative estimate of drug-likeness (QED) is 0.824. The van der Waals surface area contributed by atoms with Gasteiger partial charge in [0.1, 0.15) is 9.83 Å². The molecule has 0 unspecified atom stereocenters. The Hall–Kier alpha value is -0.630. The number of hydrogen-bond donors (Lipinski definition) is 0. The Morgan fingerprint density at radius 2 is 2.16 bits per heavy atom. The van der Waals surface area contributed by atoms with E-state index in [0.717, 1.165) is 25.2 Å². The van der Waals surface area contributed by atoms with Gasteiger partial charge in [0.05, 0.1) is 6.61 Å².